The maximum absolute atomic E-state index is 12.4. The SMILES string of the molecule is O=c1c2ccccc2nnn1CSc1nnc(-c2cccc(Cl)c2)o1. The van der Waals surface area contributed by atoms with Crippen LogP contribution in [0.5, 0.6) is 0 Å². The van der Waals surface area contributed by atoms with Crippen LogP contribution in [0.2, 0.25) is 5.02 Å². The van der Waals surface area contributed by atoms with Crippen molar-refractivity contribution in [2.24, 2.45) is 0 Å². The fraction of sp³-hybridized carbons (Fsp3) is 0.0625. The minimum atomic E-state index is -0.215. The molecule has 0 N–H and O–H groups in total. The van der Waals surface area contributed by atoms with Gasteiger partial charge in [0, 0.05) is 10.6 Å². The number of halogens is 1. The Morgan fingerprint density at radius 2 is 1.96 bits per heavy atom. The number of fused-ring (bicyclic) bond motifs is 1. The average molecular weight is 372 g/mol. The van der Waals surface area contributed by atoms with Crippen molar-refractivity contribution in [3.8, 4) is 11.5 Å². The fourth-order valence-corrected chi connectivity index (χ4v) is 3.06. The molecule has 7 nitrogen and oxygen atoms in total. The molecule has 0 aliphatic carbocycles. The third kappa shape index (κ3) is 3.26. The summed E-state index contributed by atoms with van der Waals surface area (Å²) in [5.41, 5.74) is 1.08. The number of benzene rings is 2. The van der Waals surface area contributed by atoms with Crippen molar-refractivity contribution in [2.75, 3.05) is 0 Å². The third-order valence-corrected chi connectivity index (χ3v) is 4.44. The molecule has 0 spiro atoms. The largest absolute Gasteiger partial charge is 0.411 e. The molecule has 2 heterocycles. The molecular formula is C16H10ClN5O2S. The Kier molecular flexibility index (Phi) is 4.21. The molecule has 124 valence electrons. The van der Waals surface area contributed by atoms with Gasteiger partial charge in [-0.15, -0.1) is 15.3 Å². The van der Waals surface area contributed by atoms with E-state index in [9.17, 15) is 4.79 Å². The summed E-state index contributed by atoms with van der Waals surface area (Å²) in [7, 11) is 0. The van der Waals surface area contributed by atoms with E-state index in [0.717, 1.165) is 5.56 Å². The van der Waals surface area contributed by atoms with E-state index in [0.29, 0.717) is 27.0 Å². The van der Waals surface area contributed by atoms with Gasteiger partial charge in [0.1, 0.15) is 11.4 Å². The van der Waals surface area contributed by atoms with E-state index in [1.807, 2.05) is 12.1 Å². The van der Waals surface area contributed by atoms with Crippen LogP contribution in [0.25, 0.3) is 22.4 Å². The monoisotopic (exact) mass is 371 g/mol. The molecule has 0 fully saturated rings. The number of rotatable bonds is 4. The van der Waals surface area contributed by atoms with Crippen molar-refractivity contribution in [1.29, 1.82) is 0 Å². The molecule has 25 heavy (non-hydrogen) atoms. The predicted octanol–water partition coefficient (Wildman–Crippen LogP) is 3.24. The second kappa shape index (κ2) is 6.66. The van der Waals surface area contributed by atoms with Gasteiger partial charge in [-0.05, 0) is 42.1 Å². The van der Waals surface area contributed by atoms with Crippen LogP contribution >= 0.6 is 23.4 Å². The zero-order valence-electron chi connectivity index (χ0n) is 12.7. The molecule has 4 rings (SSSR count). The maximum atomic E-state index is 12.4. The van der Waals surface area contributed by atoms with Gasteiger partial charge < -0.3 is 4.42 Å². The summed E-state index contributed by atoms with van der Waals surface area (Å²) < 4.78 is 6.85. The molecule has 0 radical (unpaired) electrons. The Morgan fingerprint density at radius 1 is 1.08 bits per heavy atom. The van der Waals surface area contributed by atoms with E-state index in [2.05, 4.69) is 20.5 Å². The summed E-state index contributed by atoms with van der Waals surface area (Å²) in [6, 6.07) is 14.2. The van der Waals surface area contributed by atoms with Gasteiger partial charge in [-0.25, -0.2) is 0 Å². The first kappa shape index (κ1) is 15.8. The molecule has 9 heteroatoms. The maximum Gasteiger partial charge on any atom is 0.278 e. The Labute approximate surface area is 150 Å². The number of aromatic nitrogens is 5. The van der Waals surface area contributed by atoms with E-state index in [-0.39, 0.29) is 11.4 Å². The van der Waals surface area contributed by atoms with Crippen molar-refractivity contribution in [2.45, 2.75) is 11.1 Å². The lowest BCUT2D eigenvalue weighted by Crippen LogP contribution is -2.23. The Balaban J connectivity index is 1.54. The van der Waals surface area contributed by atoms with E-state index in [1.54, 1.807) is 36.4 Å². The Morgan fingerprint density at radius 3 is 2.84 bits per heavy atom. The van der Waals surface area contributed by atoms with Gasteiger partial charge in [-0.2, -0.15) is 4.68 Å². The van der Waals surface area contributed by atoms with Crippen LogP contribution in [0.3, 0.4) is 0 Å². The smallest absolute Gasteiger partial charge is 0.278 e. The molecule has 0 saturated heterocycles. The molecule has 0 aliphatic rings. The number of hydrogen-bond donors (Lipinski definition) is 0. The minimum Gasteiger partial charge on any atom is -0.411 e. The van der Waals surface area contributed by atoms with Gasteiger partial charge in [0.25, 0.3) is 10.8 Å². The van der Waals surface area contributed by atoms with Crippen molar-refractivity contribution >= 4 is 34.3 Å². The van der Waals surface area contributed by atoms with Gasteiger partial charge in [-0.3, -0.25) is 4.79 Å². The van der Waals surface area contributed by atoms with E-state index < -0.39 is 0 Å². The number of thioether (sulfide) groups is 1. The molecule has 4 aromatic rings. The Hall–Kier alpha value is -2.71. The summed E-state index contributed by atoms with van der Waals surface area (Å²) in [5.74, 6) is 0.579. The first-order valence-electron chi connectivity index (χ1n) is 7.25. The highest BCUT2D eigenvalue weighted by atomic mass is 35.5. The molecule has 0 aliphatic heterocycles. The van der Waals surface area contributed by atoms with E-state index in [1.165, 1.54) is 16.4 Å². The van der Waals surface area contributed by atoms with E-state index in [4.69, 9.17) is 16.0 Å². The molecule has 2 aromatic carbocycles. The van der Waals surface area contributed by atoms with Crippen LogP contribution in [-0.2, 0) is 5.88 Å². The standard InChI is InChI=1S/C16H10ClN5O2S/c17-11-5-3-4-10(8-11)14-19-20-16(24-14)25-9-22-15(23)12-6-1-2-7-13(12)18-21-22/h1-8H,9H2. The van der Waals surface area contributed by atoms with Gasteiger partial charge in [0.2, 0.25) is 5.89 Å². The van der Waals surface area contributed by atoms with Gasteiger partial charge in [0.15, 0.2) is 0 Å². The first-order chi connectivity index (χ1) is 12.2. The topological polar surface area (TPSA) is 86.7 Å². The van der Waals surface area contributed by atoms with Crippen molar-refractivity contribution in [1.82, 2.24) is 25.2 Å². The summed E-state index contributed by atoms with van der Waals surface area (Å²) in [6.07, 6.45) is 0. The second-order valence-electron chi connectivity index (χ2n) is 5.07. The highest BCUT2D eigenvalue weighted by molar-refractivity contribution is 7.98. The van der Waals surface area contributed by atoms with Crippen molar-refractivity contribution < 1.29 is 4.42 Å². The molecular weight excluding hydrogens is 362 g/mol. The normalized spacial score (nSPS) is 11.1. The molecule has 0 bridgehead atoms. The summed E-state index contributed by atoms with van der Waals surface area (Å²) in [4.78, 5) is 12.4. The van der Waals surface area contributed by atoms with Crippen molar-refractivity contribution in [3.05, 3.63) is 63.9 Å². The van der Waals surface area contributed by atoms with Crippen LogP contribution < -0.4 is 5.56 Å². The number of nitrogens with zero attached hydrogens (tertiary/aromatic N) is 5. The quantitative estimate of drug-likeness (QED) is 0.509. The van der Waals surface area contributed by atoms with Crippen molar-refractivity contribution in [3.63, 3.8) is 0 Å². The van der Waals surface area contributed by atoms with Crippen LogP contribution in [0.1, 0.15) is 0 Å². The van der Waals surface area contributed by atoms with Gasteiger partial charge >= 0.3 is 0 Å². The predicted molar refractivity (Wildman–Crippen MR) is 94.4 cm³/mol. The highest BCUT2D eigenvalue weighted by Crippen LogP contribution is 2.25. The molecule has 0 amide bonds. The Bertz CT molecular complexity index is 1110. The highest BCUT2D eigenvalue weighted by Gasteiger charge is 2.11. The van der Waals surface area contributed by atoms with Crippen LogP contribution in [0.15, 0.2) is 63.0 Å². The first-order valence-corrected chi connectivity index (χ1v) is 8.62. The van der Waals surface area contributed by atoms with Gasteiger partial charge in [-0.1, -0.05) is 35.0 Å². The van der Waals surface area contributed by atoms with Crippen LogP contribution in [-0.4, -0.2) is 25.2 Å². The fourth-order valence-electron chi connectivity index (χ4n) is 2.23. The van der Waals surface area contributed by atoms with Crippen LogP contribution in [0, 0.1) is 0 Å². The average Bonchev–Trinajstić information content (AvgIpc) is 3.10. The lowest BCUT2D eigenvalue weighted by molar-refractivity contribution is 0.464. The minimum absolute atomic E-state index is 0.215. The van der Waals surface area contributed by atoms with Gasteiger partial charge in [0.05, 0.1) is 5.39 Å². The molecule has 2 aromatic heterocycles. The summed E-state index contributed by atoms with van der Waals surface area (Å²) in [6.45, 7) is 0. The zero-order valence-corrected chi connectivity index (χ0v) is 14.2. The molecule has 0 atom stereocenters. The molecule has 0 unspecified atom stereocenters. The van der Waals surface area contributed by atoms with Crippen LogP contribution in [0.4, 0.5) is 0 Å². The van der Waals surface area contributed by atoms with E-state index >= 15 is 0 Å². The molecule has 0 saturated carbocycles. The second-order valence-corrected chi connectivity index (χ2v) is 6.40. The summed E-state index contributed by atoms with van der Waals surface area (Å²) >= 11 is 7.16. The lowest BCUT2D eigenvalue weighted by atomic mass is 10.2. The lowest BCUT2D eigenvalue weighted by Gasteiger charge is -2.02. The zero-order chi connectivity index (χ0) is 17.2. The summed E-state index contributed by atoms with van der Waals surface area (Å²) in [5, 5.41) is 17.4. The third-order valence-electron chi connectivity index (χ3n) is 3.42. The number of hydrogen-bond acceptors (Lipinski definition) is 7.